The topological polar surface area (TPSA) is 123 Å². The van der Waals surface area contributed by atoms with Gasteiger partial charge in [0.15, 0.2) is 0 Å². The molecule has 48 heavy (non-hydrogen) atoms. The van der Waals surface area contributed by atoms with Crippen molar-refractivity contribution < 1.29 is 0 Å². The number of hydrogen-bond acceptors (Lipinski definition) is 8. The molecule has 8 aromatic rings. The minimum atomic E-state index is 0.749. The summed E-state index contributed by atoms with van der Waals surface area (Å²) in [6, 6.07) is 24.9. The van der Waals surface area contributed by atoms with Crippen LogP contribution >= 0.6 is 0 Å². The van der Waals surface area contributed by atoms with Crippen molar-refractivity contribution in [3.63, 3.8) is 0 Å². The van der Waals surface area contributed by atoms with E-state index in [2.05, 4.69) is 130 Å². The molecule has 0 spiro atoms. The molecule has 0 atom stereocenters. The Bertz CT molecular complexity index is 2030. The lowest BCUT2D eigenvalue weighted by Gasteiger charge is -2.07. The molecule has 16 bridgehead atoms. The van der Waals surface area contributed by atoms with Gasteiger partial charge in [-0.15, -0.1) is 20.4 Å². The highest BCUT2D eigenvalue weighted by atomic mass is 15.4. The summed E-state index contributed by atoms with van der Waals surface area (Å²) in [5, 5.41) is 36.2. The molecule has 232 valence electrons. The van der Waals surface area contributed by atoms with Gasteiger partial charge in [-0.05, 0) is 123 Å². The molecule has 1 aliphatic heterocycles. The maximum Gasteiger partial charge on any atom is 0.113 e. The largest absolute Gasteiger partial charge is 0.220 e. The summed E-state index contributed by atoms with van der Waals surface area (Å²) in [5.41, 5.74) is 14.5. The first kappa shape index (κ1) is 27.7. The fourth-order valence-electron chi connectivity index (χ4n) is 6.26. The van der Waals surface area contributed by atoms with Gasteiger partial charge < -0.3 is 0 Å². The second-order valence-corrected chi connectivity index (χ2v) is 12.4. The molecule has 12 nitrogen and oxygen atoms in total. The number of rotatable bonds is 0. The van der Waals surface area contributed by atoms with E-state index in [1.165, 1.54) is 0 Å². The van der Waals surface area contributed by atoms with E-state index in [-0.39, 0.29) is 0 Å². The Balaban J connectivity index is 1.24. The smallest absolute Gasteiger partial charge is 0.113 e. The number of aryl methyl sites for hydroxylation is 4. The molecule has 0 amide bonds. The summed E-state index contributed by atoms with van der Waals surface area (Å²) in [6.45, 7) is 8.22. The first-order valence-corrected chi connectivity index (χ1v) is 15.5. The van der Waals surface area contributed by atoms with Crippen LogP contribution in [0, 0.1) is 27.7 Å². The average molecular weight is 629 g/mol. The summed E-state index contributed by atoms with van der Waals surface area (Å²) >= 11 is 0. The summed E-state index contributed by atoms with van der Waals surface area (Å²) in [6.07, 6.45) is 7.76. The van der Waals surface area contributed by atoms with Crippen LogP contribution in [0.3, 0.4) is 0 Å². The molecule has 0 saturated carbocycles. The summed E-state index contributed by atoms with van der Waals surface area (Å²) in [4.78, 5) is 0. The lowest BCUT2D eigenvalue weighted by molar-refractivity contribution is 0.785. The molecule has 0 radical (unpaired) electrons. The minimum Gasteiger partial charge on any atom is -0.220 e. The van der Waals surface area contributed by atoms with Gasteiger partial charge in [0.25, 0.3) is 0 Å². The van der Waals surface area contributed by atoms with Crippen LogP contribution in [0.1, 0.15) is 22.3 Å². The zero-order valence-electron chi connectivity index (χ0n) is 26.6. The molecule has 9 rings (SSSR count). The molecule has 5 heterocycles. The molecule has 4 aromatic carbocycles. The molecule has 0 saturated heterocycles. The highest BCUT2D eigenvalue weighted by Gasteiger charge is 2.16. The molecule has 4 aromatic heterocycles. The van der Waals surface area contributed by atoms with Crippen molar-refractivity contribution in [2.75, 3.05) is 0 Å². The highest BCUT2D eigenvalue weighted by molar-refractivity contribution is 5.72. The molecular weight excluding hydrogens is 600 g/mol. The lowest BCUT2D eigenvalue weighted by atomic mass is 10.0. The number of aromatic nitrogens is 12. The van der Waals surface area contributed by atoms with Gasteiger partial charge in [-0.3, -0.25) is 0 Å². The van der Waals surface area contributed by atoms with Gasteiger partial charge in [0.1, 0.15) is 22.8 Å². The average Bonchev–Trinajstić information content (AvgIpc) is 3.89. The van der Waals surface area contributed by atoms with Crippen molar-refractivity contribution in [2.24, 2.45) is 0 Å². The monoisotopic (exact) mass is 628 g/mol. The normalized spacial score (nSPS) is 11.8. The van der Waals surface area contributed by atoms with Crippen molar-refractivity contribution in [1.29, 1.82) is 0 Å². The van der Waals surface area contributed by atoms with E-state index in [4.69, 9.17) is 0 Å². The molecule has 1 aliphatic rings. The van der Waals surface area contributed by atoms with Gasteiger partial charge >= 0.3 is 0 Å². The van der Waals surface area contributed by atoms with Crippen LogP contribution in [-0.2, 0) is 0 Å². The molecule has 0 unspecified atom stereocenters. The van der Waals surface area contributed by atoms with Gasteiger partial charge in [0.2, 0.25) is 0 Å². The van der Waals surface area contributed by atoms with Crippen molar-refractivity contribution in [1.82, 2.24) is 60.0 Å². The molecule has 0 aliphatic carbocycles. The minimum absolute atomic E-state index is 0.749. The Morgan fingerprint density at radius 1 is 0.312 bits per heavy atom. The second-order valence-electron chi connectivity index (χ2n) is 12.4. The van der Waals surface area contributed by atoms with E-state index in [9.17, 15) is 0 Å². The predicted molar refractivity (Wildman–Crippen MR) is 180 cm³/mol. The van der Waals surface area contributed by atoms with E-state index in [0.29, 0.717) is 0 Å². The zero-order chi connectivity index (χ0) is 32.5. The predicted octanol–water partition coefficient (Wildman–Crippen LogP) is 6.22. The Kier molecular flexibility index (Phi) is 6.06. The Morgan fingerprint density at radius 3 is 0.833 bits per heavy atom. The standard InChI is InChI=1S/C36H28N12/c1-21-5-25-13-26(6-21)34-18-46(42-38-34)30-10-24(4)12-32(16-30)48-20-36(40-44-48)28-8-22(2)7-27(14-28)35-19-47(43-39-35)31-11-23(3)9-29(15-31)45-17-33(25)37-41-45/h5-20H,1-4H3. The summed E-state index contributed by atoms with van der Waals surface area (Å²) in [5.74, 6) is 0. The van der Waals surface area contributed by atoms with Crippen molar-refractivity contribution in [3.05, 3.63) is 120 Å². The van der Waals surface area contributed by atoms with Crippen molar-refractivity contribution in [2.45, 2.75) is 27.7 Å². The van der Waals surface area contributed by atoms with Gasteiger partial charge in [-0.2, -0.15) is 0 Å². The number of benzene rings is 4. The molecule has 0 fully saturated rings. The van der Waals surface area contributed by atoms with Crippen LogP contribution in [0.4, 0.5) is 0 Å². The van der Waals surface area contributed by atoms with Gasteiger partial charge in [-0.1, -0.05) is 20.9 Å². The Morgan fingerprint density at radius 2 is 0.562 bits per heavy atom. The molecular formula is C36H28N12. The first-order chi connectivity index (χ1) is 23.3. The van der Waals surface area contributed by atoms with Crippen LogP contribution in [0.25, 0.3) is 67.8 Å². The van der Waals surface area contributed by atoms with Crippen molar-refractivity contribution in [3.8, 4) is 67.8 Å². The lowest BCUT2D eigenvalue weighted by Crippen LogP contribution is -2.01. The third kappa shape index (κ3) is 4.87. The fraction of sp³-hybridized carbons (Fsp3) is 0.111. The summed E-state index contributed by atoms with van der Waals surface area (Å²) < 4.78 is 7.15. The zero-order valence-corrected chi connectivity index (χ0v) is 26.6. The fourth-order valence-corrected chi connectivity index (χ4v) is 6.26. The Hall–Kier alpha value is -6.56. The van der Waals surface area contributed by atoms with Crippen LogP contribution in [0.5, 0.6) is 0 Å². The quantitative estimate of drug-likeness (QED) is 0.194. The van der Waals surface area contributed by atoms with E-state index in [1.807, 2.05) is 36.9 Å². The van der Waals surface area contributed by atoms with Crippen LogP contribution < -0.4 is 0 Å². The van der Waals surface area contributed by atoms with Gasteiger partial charge in [-0.25, -0.2) is 18.7 Å². The van der Waals surface area contributed by atoms with Crippen LogP contribution in [0.2, 0.25) is 0 Å². The Labute approximate surface area is 274 Å². The number of fused-ring (bicyclic) bond motifs is 24. The van der Waals surface area contributed by atoms with Crippen LogP contribution in [-0.4, -0.2) is 60.0 Å². The van der Waals surface area contributed by atoms with Gasteiger partial charge in [0, 0.05) is 22.3 Å². The molecule has 0 N–H and O–H groups in total. The third-order valence-corrected chi connectivity index (χ3v) is 8.46. The SMILES string of the molecule is Cc1cc2cc(c1)-c1cn(nn1)-c1cc(C)cc(c1)-n1cc(nn1)-c1cc(C)cc(c1)-c1cn(nn1)-c1cc(C)cc(c1)-n1cc-2nn1. The van der Waals surface area contributed by atoms with E-state index in [1.54, 1.807) is 18.7 Å². The van der Waals surface area contributed by atoms with E-state index in [0.717, 1.165) is 90.0 Å². The van der Waals surface area contributed by atoms with Crippen molar-refractivity contribution >= 4 is 0 Å². The van der Waals surface area contributed by atoms with Gasteiger partial charge in [0.05, 0.1) is 47.5 Å². The molecule has 12 heteroatoms. The highest BCUT2D eigenvalue weighted by Crippen LogP contribution is 2.30. The summed E-state index contributed by atoms with van der Waals surface area (Å²) in [7, 11) is 0. The first-order valence-electron chi connectivity index (χ1n) is 15.5. The van der Waals surface area contributed by atoms with Crippen LogP contribution in [0.15, 0.2) is 97.6 Å². The van der Waals surface area contributed by atoms with E-state index < -0.39 is 0 Å². The van der Waals surface area contributed by atoms with E-state index >= 15 is 0 Å². The third-order valence-electron chi connectivity index (χ3n) is 8.46. The number of nitrogens with zero attached hydrogens (tertiary/aromatic N) is 12. The second kappa shape index (κ2) is 10.5. The number of hydrogen-bond donors (Lipinski definition) is 0. The maximum atomic E-state index is 4.55. The maximum absolute atomic E-state index is 4.55.